The van der Waals surface area contributed by atoms with E-state index in [0.717, 1.165) is 0 Å². The van der Waals surface area contributed by atoms with Crippen LogP contribution in [-0.2, 0) is 4.57 Å². The zero-order valence-electron chi connectivity index (χ0n) is 3.30. The first kappa shape index (κ1) is 9.84. The van der Waals surface area contributed by atoms with E-state index in [9.17, 15) is 0 Å². The van der Waals surface area contributed by atoms with E-state index in [4.69, 9.17) is 14.4 Å². The number of hydrogen-bond donors (Lipinski definition) is 0. The Morgan fingerprint density at radius 3 is 1.50 bits per heavy atom. The van der Waals surface area contributed by atoms with Gasteiger partial charge in [0.2, 0.25) is 0 Å². The first-order chi connectivity index (χ1) is 2.73. The van der Waals surface area contributed by atoms with Gasteiger partial charge in [-0.25, -0.2) is 0 Å². The molecule has 3 nitrogen and oxygen atoms in total. The van der Waals surface area contributed by atoms with Crippen LogP contribution >= 0.6 is 8.25 Å². The van der Waals surface area contributed by atoms with Crippen molar-refractivity contribution in [1.29, 1.82) is 0 Å². The first-order valence-electron chi connectivity index (χ1n) is 1.19. The number of hydrogen-bond acceptors (Lipinski definition) is 3. The maximum absolute atomic E-state index is 8.52. The average molecular weight is 122 g/mol. The fraction of sp³-hybridized carbons (Fsp3) is 1.00. The van der Waals surface area contributed by atoms with Crippen molar-refractivity contribution >= 4 is 24.5 Å². The Balaban J connectivity index is 0. The van der Waals surface area contributed by atoms with Gasteiger partial charge in [0.15, 0.2) is 0 Å². The van der Waals surface area contributed by atoms with E-state index in [0.29, 0.717) is 0 Å². The van der Waals surface area contributed by atoms with Crippen LogP contribution in [0.15, 0.2) is 0 Å². The van der Waals surface area contributed by atoms with Gasteiger partial charge in [0.05, 0.1) is 0 Å². The van der Waals surface area contributed by atoms with Crippen LogP contribution in [0.1, 0.15) is 0 Å². The summed E-state index contributed by atoms with van der Waals surface area (Å²) in [6, 6.07) is 0. The molecule has 0 rings (SSSR count). The topological polar surface area (TPSA) is 63.2 Å². The Kier molecular flexibility index (Phi) is 15.1. The van der Waals surface area contributed by atoms with Crippen LogP contribution in [0.5, 0.6) is 0 Å². The van der Waals surface area contributed by atoms with Crippen LogP contribution in [0.2, 0.25) is 5.79 Å². The minimum absolute atomic E-state index is 1.92. The van der Waals surface area contributed by atoms with Crippen molar-refractivity contribution in [3.8, 4) is 0 Å². The molecule has 0 fully saturated rings. The summed E-state index contributed by atoms with van der Waals surface area (Å²) in [5, 5.41) is 0. The quantitative estimate of drug-likeness (QED) is 0.284. The fourth-order valence-corrected chi connectivity index (χ4v) is 0. The van der Waals surface area contributed by atoms with Gasteiger partial charge in [-0.3, -0.25) is 0 Å². The summed E-state index contributed by atoms with van der Waals surface area (Å²) in [5.41, 5.74) is 0. The molecule has 0 atom stereocenters. The van der Waals surface area contributed by atoms with Gasteiger partial charge in [0.25, 0.3) is 0 Å². The Morgan fingerprint density at radius 2 is 1.50 bits per heavy atom. The van der Waals surface area contributed by atoms with E-state index in [-0.39, 0.29) is 0 Å². The van der Waals surface area contributed by atoms with Crippen molar-refractivity contribution in [2.24, 2.45) is 0 Å². The van der Waals surface area contributed by atoms with Crippen LogP contribution < -0.4 is 9.79 Å². The molecule has 0 spiro atoms. The molecule has 0 aromatic rings. The molecule has 0 aliphatic heterocycles. The molecule has 0 aromatic carbocycles. The van der Waals surface area contributed by atoms with E-state index < -0.39 is 8.25 Å². The van der Waals surface area contributed by atoms with E-state index >= 15 is 0 Å². The summed E-state index contributed by atoms with van der Waals surface area (Å²) in [4.78, 5) is 17.0. The zero-order valence-corrected chi connectivity index (χ0v) is 5.46. The van der Waals surface area contributed by atoms with E-state index in [1.54, 1.807) is 0 Å². The molecular formula is CH4AlO3P. The Morgan fingerprint density at radius 1 is 1.50 bits per heavy atom. The van der Waals surface area contributed by atoms with Crippen LogP contribution in [0.25, 0.3) is 0 Å². The van der Waals surface area contributed by atoms with Crippen molar-refractivity contribution in [2.45, 2.75) is 5.79 Å². The second-order valence-electron chi connectivity index (χ2n) is 0.250. The monoisotopic (exact) mass is 122 g/mol. The summed E-state index contributed by atoms with van der Waals surface area (Å²) >= 11 is 2.42. The fourth-order valence-electron chi connectivity index (χ4n) is 0. The molecule has 0 saturated carbocycles. The molecule has 0 unspecified atom stereocenters. The van der Waals surface area contributed by atoms with Crippen molar-refractivity contribution < 1.29 is 14.4 Å². The standard InChI is InChI=1S/CH3.Al.H3O3P/c;;1-4(2)3/h1H3;;4H,(H2,1,2,3)/q;+2;/p-2. The Bertz CT molecular complexity index is 33.8. The average Bonchev–Trinajstić information content (AvgIpc) is 1.41. The molecule has 0 saturated heterocycles. The SMILES string of the molecule is O=[PH]([O-])[O-].[CH3][Al+2]. The molecule has 0 N–H and O–H groups in total. The molecular weight excluding hydrogens is 118 g/mol. The van der Waals surface area contributed by atoms with Crippen molar-refractivity contribution in [2.75, 3.05) is 0 Å². The third-order valence-corrected chi connectivity index (χ3v) is 0. The summed E-state index contributed by atoms with van der Waals surface area (Å²) in [6.45, 7) is 0. The third kappa shape index (κ3) is 136. The van der Waals surface area contributed by atoms with Gasteiger partial charge in [-0.2, -0.15) is 0 Å². The van der Waals surface area contributed by atoms with Crippen molar-refractivity contribution in [1.82, 2.24) is 0 Å². The Labute approximate surface area is 45.4 Å². The summed E-state index contributed by atoms with van der Waals surface area (Å²) in [7, 11) is -3.63. The van der Waals surface area contributed by atoms with Crippen molar-refractivity contribution in [3.05, 3.63) is 0 Å². The number of rotatable bonds is 0. The molecule has 6 heavy (non-hydrogen) atoms. The maximum atomic E-state index is 8.52. The molecule has 34 valence electrons. The van der Waals surface area contributed by atoms with Gasteiger partial charge < -0.3 is 14.4 Å². The third-order valence-electron chi connectivity index (χ3n) is 0. The van der Waals surface area contributed by atoms with Gasteiger partial charge in [-0.1, -0.05) is 8.25 Å². The summed E-state index contributed by atoms with van der Waals surface area (Å²) in [5.74, 6) is 1.92. The van der Waals surface area contributed by atoms with Crippen molar-refractivity contribution in [3.63, 3.8) is 0 Å². The minimum atomic E-state index is -3.63. The molecule has 0 amide bonds. The summed E-state index contributed by atoms with van der Waals surface area (Å²) in [6.07, 6.45) is 0. The van der Waals surface area contributed by atoms with Crippen LogP contribution in [0.3, 0.4) is 0 Å². The molecule has 5 heteroatoms. The molecule has 0 aliphatic rings. The molecule has 0 bridgehead atoms. The van der Waals surface area contributed by atoms with Gasteiger partial charge in [-0.15, -0.1) is 0 Å². The zero-order chi connectivity index (χ0) is 5.58. The van der Waals surface area contributed by atoms with Gasteiger partial charge in [0.1, 0.15) is 0 Å². The second kappa shape index (κ2) is 9.19. The van der Waals surface area contributed by atoms with Gasteiger partial charge in [-0.05, 0) is 0 Å². The molecule has 0 radical (unpaired) electrons. The van der Waals surface area contributed by atoms with Gasteiger partial charge in [0, 0.05) is 0 Å². The molecule has 0 aromatic heterocycles. The Hall–Kier alpha value is 0.682. The normalized spacial score (nSPS) is 7.00. The van der Waals surface area contributed by atoms with Gasteiger partial charge >= 0.3 is 22.1 Å². The van der Waals surface area contributed by atoms with E-state index in [1.807, 2.05) is 5.79 Å². The predicted molar refractivity (Wildman–Crippen MR) is 20.6 cm³/mol. The van der Waals surface area contributed by atoms with E-state index in [2.05, 4.69) is 16.3 Å². The molecule has 0 heterocycles. The molecule has 0 aliphatic carbocycles. The van der Waals surface area contributed by atoms with Crippen LogP contribution in [-0.4, -0.2) is 16.3 Å². The van der Waals surface area contributed by atoms with Crippen LogP contribution in [0, 0.1) is 0 Å². The first-order valence-corrected chi connectivity index (χ1v) is 3.57. The second-order valence-corrected chi connectivity index (χ2v) is 0.750. The van der Waals surface area contributed by atoms with Crippen LogP contribution in [0.4, 0.5) is 0 Å². The predicted octanol–water partition coefficient (Wildman–Crippen LogP) is -1.70. The van der Waals surface area contributed by atoms with E-state index in [1.165, 1.54) is 0 Å². The summed E-state index contributed by atoms with van der Waals surface area (Å²) < 4.78 is 8.52.